The highest BCUT2D eigenvalue weighted by molar-refractivity contribution is 7.26. The Balaban J connectivity index is 1.19. The molecule has 0 aliphatic rings. The van der Waals surface area contributed by atoms with Gasteiger partial charge in [0.05, 0.1) is 16.7 Å². The molecule has 7 aromatic carbocycles. The molecule has 4 heterocycles. The second kappa shape index (κ2) is 11.2. The van der Waals surface area contributed by atoms with Crippen molar-refractivity contribution >= 4 is 85.0 Å². The zero-order chi connectivity index (χ0) is 33.5. The first-order valence-electron chi connectivity index (χ1n) is 17.1. The smallest absolute Gasteiger partial charge is 0.161 e. The van der Waals surface area contributed by atoms with Crippen molar-refractivity contribution in [3.63, 3.8) is 0 Å². The minimum Gasteiger partial charge on any atom is -0.309 e. The van der Waals surface area contributed by atoms with E-state index in [1.165, 1.54) is 57.7 Å². The van der Waals surface area contributed by atoms with E-state index in [1.54, 1.807) is 11.3 Å². The average molecular weight is 686 g/mol. The van der Waals surface area contributed by atoms with Gasteiger partial charge in [0.15, 0.2) is 5.82 Å². The van der Waals surface area contributed by atoms with E-state index in [0.29, 0.717) is 0 Å². The van der Waals surface area contributed by atoms with Gasteiger partial charge in [0.2, 0.25) is 0 Å². The molecule has 0 radical (unpaired) electrons. The van der Waals surface area contributed by atoms with Crippen LogP contribution >= 0.6 is 22.7 Å². The molecule has 0 aliphatic heterocycles. The molecule has 0 aliphatic carbocycles. The Morgan fingerprint density at radius 3 is 1.84 bits per heavy atom. The van der Waals surface area contributed by atoms with E-state index >= 15 is 0 Å². The Labute approximate surface area is 301 Å². The SMILES string of the molecule is c1ccc(-c2ccc3c(c2)c2cc(-c4nc(-c5cccc6c5sc5ccccc56)c5c(n4)sc4ccccc45)ccc2n3-c2ccccc2)cc1. The first kappa shape index (κ1) is 28.7. The van der Waals surface area contributed by atoms with E-state index in [-0.39, 0.29) is 0 Å². The first-order valence-corrected chi connectivity index (χ1v) is 18.7. The standard InChI is InChI=1S/C46H27N3S2/c1-3-12-28(13-4-1)29-22-24-38-36(26-29)37-27-30(23-25-39(37)49(38)31-14-5-2-6-15-31)45-47-43(42-34-17-8-10-21-41(34)51-46(42)48-45)35-19-11-18-33-32-16-7-9-20-40(32)50-44(33)35/h1-27H. The molecule has 0 fully saturated rings. The molecule has 5 heteroatoms. The summed E-state index contributed by atoms with van der Waals surface area (Å²) in [7, 11) is 0. The van der Waals surface area contributed by atoms with E-state index in [1.807, 2.05) is 11.3 Å². The van der Waals surface area contributed by atoms with Crippen molar-refractivity contribution in [2.45, 2.75) is 0 Å². The highest BCUT2D eigenvalue weighted by Gasteiger charge is 2.21. The largest absolute Gasteiger partial charge is 0.309 e. The highest BCUT2D eigenvalue weighted by Crippen LogP contribution is 2.45. The summed E-state index contributed by atoms with van der Waals surface area (Å²) in [6.45, 7) is 0. The summed E-state index contributed by atoms with van der Waals surface area (Å²) in [6, 6.07) is 58.8. The molecule has 238 valence electrons. The van der Waals surface area contributed by atoms with Gasteiger partial charge in [-0.3, -0.25) is 0 Å². The topological polar surface area (TPSA) is 30.7 Å². The van der Waals surface area contributed by atoms with Crippen LogP contribution in [0.4, 0.5) is 0 Å². The maximum Gasteiger partial charge on any atom is 0.161 e. The molecule has 4 aromatic heterocycles. The van der Waals surface area contributed by atoms with Crippen molar-refractivity contribution in [3.05, 3.63) is 164 Å². The van der Waals surface area contributed by atoms with E-state index in [4.69, 9.17) is 9.97 Å². The van der Waals surface area contributed by atoms with Crippen LogP contribution in [-0.2, 0) is 0 Å². The van der Waals surface area contributed by atoms with Crippen molar-refractivity contribution in [1.82, 2.24) is 14.5 Å². The third-order valence-corrected chi connectivity index (χ3v) is 12.3. The van der Waals surface area contributed by atoms with Crippen molar-refractivity contribution < 1.29 is 0 Å². The van der Waals surface area contributed by atoms with E-state index in [2.05, 4.69) is 168 Å². The Bertz CT molecular complexity index is 3130. The number of nitrogens with zero attached hydrogens (tertiary/aromatic N) is 3. The fourth-order valence-electron chi connectivity index (χ4n) is 7.71. The summed E-state index contributed by atoms with van der Waals surface area (Å²) in [6.07, 6.45) is 0. The first-order chi connectivity index (χ1) is 25.3. The molecule has 0 N–H and O–H groups in total. The number of benzene rings is 7. The predicted octanol–water partition coefficient (Wildman–Crippen LogP) is 13.3. The lowest BCUT2D eigenvalue weighted by Crippen LogP contribution is -1.95. The lowest BCUT2D eigenvalue weighted by atomic mass is 10.0. The van der Waals surface area contributed by atoms with Crippen LogP contribution in [0.25, 0.3) is 102 Å². The number of hydrogen-bond acceptors (Lipinski definition) is 4. The van der Waals surface area contributed by atoms with Crippen molar-refractivity contribution in [1.29, 1.82) is 0 Å². The van der Waals surface area contributed by atoms with Crippen molar-refractivity contribution in [2.24, 2.45) is 0 Å². The molecule has 3 nitrogen and oxygen atoms in total. The molecule has 0 unspecified atom stereocenters. The molecular formula is C46H27N3S2. The Kier molecular flexibility index (Phi) is 6.29. The van der Waals surface area contributed by atoms with Gasteiger partial charge in [-0.05, 0) is 65.7 Å². The molecule has 0 amide bonds. The molecule has 11 rings (SSSR count). The number of fused-ring (bicyclic) bond motifs is 9. The lowest BCUT2D eigenvalue weighted by Gasteiger charge is -2.10. The van der Waals surface area contributed by atoms with Gasteiger partial charge in [0, 0.05) is 63.2 Å². The van der Waals surface area contributed by atoms with Crippen LogP contribution < -0.4 is 0 Å². The second-order valence-corrected chi connectivity index (χ2v) is 15.0. The molecule has 0 atom stereocenters. The number of rotatable bonds is 4. The number of thiophene rings is 2. The van der Waals surface area contributed by atoms with Gasteiger partial charge in [-0.15, -0.1) is 22.7 Å². The fraction of sp³-hybridized carbons (Fsp3) is 0. The molecule has 0 saturated carbocycles. The Morgan fingerprint density at radius 2 is 1.06 bits per heavy atom. The highest BCUT2D eigenvalue weighted by atomic mass is 32.1. The molecule has 11 aromatic rings. The molecule has 0 spiro atoms. The van der Waals surface area contributed by atoms with Gasteiger partial charge in [0.1, 0.15) is 4.83 Å². The van der Waals surface area contributed by atoms with Crippen LogP contribution in [0.3, 0.4) is 0 Å². The van der Waals surface area contributed by atoms with E-state index in [0.717, 1.165) is 44.1 Å². The number of hydrogen-bond donors (Lipinski definition) is 0. The normalized spacial score (nSPS) is 11.9. The van der Waals surface area contributed by atoms with Gasteiger partial charge >= 0.3 is 0 Å². The van der Waals surface area contributed by atoms with E-state index in [9.17, 15) is 0 Å². The van der Waals surface area contributed by atoms with Crippen LogP contribution in [0.5, 0.6) is 0 Å². The second-order valence-electron chi connectivity index (χ2n) is 13.0. The molecular weight excluding hydrogens is 659 g/mol. The lowest BCUT2D eigenvalue weighted by molar-refractivity contribution is 1.18. The van der Waals surface area contributed by atoms with Crippen LogP contribution in [0, 0.1) is 0 Å². The van der Waals surface area contributed by atoms with E-state index < -0.39 is 0 Å². The summed E-state index contributed by atoms with van der Waals surface area (Å²) in [5.41, 5.74) is 9.01. The number of para-hydroxylation sites is 1. The fourth-order valence-corrected chi connectivity index (χ4v) is 10.0. The molecule has 51 heavy (non-hydrogen) atoms. The van der Waals surface area contributed by atoms with Crippen LogP contribution in [0.2, 0.25) is 0 Å². The minimum atomic E-state index is 0.740. The summed E-state index contributed by atoms with van der Waals surface area (Å²) in [5, 5.41) is 7.26. The predicted molar refractivity (Wildman–Crippen MR) is 218 cm³/mol. The quantitative estimate of drug-likeness (QED) is 0.185. The Morgan fingerprint density at radius 1 is 0.431 bits per heavy atom. The summed E-state index contributed by atoms with van der Waals surface area (Å²) >= 11 is 3.59. The van der Waals surface area contributed by atoms with Gasteiger partial charge in [-0.2, -0.15) is 0 Å². The third-order valence-electron chi connectivity index (χ3n) is 10.0. The maximum atomic E-state index is 5.50. The molecule has 0 bridgehead atoms. The van der Waals surface area contributed by atoms with Crippen molar-refractivity contribution in [3.8, 4) is 39.5 Å². The minimum absolute atomic E-state index is 0.740. The zero-order valence-electron chi connectivity index (χ0n) is 27.2. The third kappa shape index (κ3) is 4.42. The Hall–Kier alpha value is -6.14. The summed E-state index contributed by atoms with van der Waals surface area (Å²) < 4.78 is 6.14. The van der Waals surface area contributed by atoms with Crippen LogP contribution in [0.15, 0.2) is 164 Å². The van der Waals surface area contributed by atoms with Crippen LogP contribution in [-0.4, -0.2) is 14.5 Å². The average Bonchev–Trinajstić information content (AvgIpc) is 3.87. The summed E-state index contributed by atoms with van der Waals surface area (Å²) in [4.78, 5) is 11.8. The summed E-state index contributed by atoms with van der Waals surface area (Å²) in [5.74, 6) is 0.740. The monoisotopic (exact) mass is 685 g/mol. The van der Waals surface area contributed by atoms with Gasteiger partial charge in [-0.1, -0.05) is 109 Å². The van der Waals surface area contributed by atoms with Gasteiger partial charge in [0.25, 0.3) is 0 Å². The maximum absolute atomic E-state index is 5.50. The van der Waals surface area contributed by atoms with Crippen molar-refractivity contribution in [2.75, 3.05) is 0 Å². The molecule has 0 saturated heterocycles. The zero-order valence-corrected chi connectivity index (χ0v) is 28.9. The number of aromatic nitrogens is 3. The van der Waals surface area contributed by atoms with Gasteiger partial charge in [-0.25, -0.2) is 9.97 Å². The van der Waals surface area contributed by atoms with Gasteiger partial charge < -0.3 is 4.57 Å². The van der Waals surface area contributed by atoms with Crippen LogP contribution in [0.1, 0.15) is 0 Å².